The SMILES string of the molecule is Cc1cccc(C(=O)OCC(=O)NCCc2cccc(Cl)c2)c1C. The van der Waals surface area contributed by atoms with Crippen molar-refractivity contribution >= 4 is 23.5 Å². The summed E-state index contributed by atoms with van der Waals surface area (Å²) in [7, 11) is 0. The molecule has 0 saturated carbocycles. The van der Waals surface area contributed by atoms with Gasteiger partial charge in [0.15, 0.2) is 6.61 Å². The lowest BCUT2D eigenvalue weighted by Crippen LogP contribution is -2.30. The molecule has 0 saturated heterocycles. The molecule has 1 N–H and O–H groups in total. The van der Waals surface area contributed by atoms with Gasteiger partial charge in [-0.15, -0.1) is 0 Å². The topological polar surface area (TPSA) is 55.4 Å². The number of hydrogen-bond acceptors (Lipinski definition) is 3. The molecule has 4 nitrogen and oxygen atoms in total. The summed E-state index contributed by atoms with van der Waals surface area (Å²) in [6.07, 6.45) is 0.664. The van der Waals surface area contributed by atoms with Crippen LogP contribution in [0.25, 0.3) is 0 Å². The van der Waals surface area contributed by atoms with E-state index in [2.05, 4.69) is 5.32 Å². The van der Waals surface area contributed by atoms with Crippen LogP contribution in [-0.4, -0.2) is 25.0 Å². The maximum Gasteiger partial charge on any atom is 0.338 e. The molecule has 0 aliphatic heterocycles. The van der Waals surface area contributed by atoms with Gasteiger partial charge in [0.25, 0.3) is 5.91 Å². The van der Waals surface area contributed by atoms with E-state index in [0.29, 0.717) is 23.6 Å². The summed E-state index contributed by atoms with van der Waals surface area (Å²) in [6.45, 7) is 3.95. The van der Waals surface area contributed by atoms with Gasteiger partial charge in [-0.3, -0.25) is 4.79 Å². The van der Waals surface area contributed by atoms with Crippen molar-refractivity contribution in [2.75, 3.05) is 13.2 Å². The van der Waals surface area contributed by atoms with E-state index in [1.54, 1.807) is 18.2 Å². The van der Waals surface area contributed by atoms with Crippen molar-refractivity contribution in [3.63, 3.8) is 0 Å². The van der Waals surface area contributed by atoms with Gasteiger partial charge in [-0.25, -0.2) is 4.79 Å². The minimum atomic E-state index is -0.485. The van der Waals surface area contributed by atoms with Crippen molar-refractivity contribution < 1.29 is 14.3 Å². The molecule has 2 rings (SSSR count). The molecule has 0 fully saturated rings. The Morgan fingerprint density at radius 2 is 1.88 bits per heavy atom. The number of hydrogen-bond donors (Lipinski definition) is 1. The maximum absolute atomic E-state index is 12.0. The first kappa shape index (κ1) is 18.0. The number of halogens is 1. The highest BCUT2D eigenvalue weighted by Crippen LogP contribution is 2.13. The molecule has 2 aromatic carbocycles. The van der Waals surface area contributed by atoms with Gasteiger partial charge < -0.3 is 10.1 Å². The normalized spacial score (nSPS) is 10.3. The molecule has 0 spiro atoms. The van der Waals surface area contributed by atoms with Gasteiger partial charge in [0, 0.05) is 11.6 Å². The number of ether oxygens (including phenoxy) is 1. The Labute approximate surface area is 146 Å². The number of benzene rings is 2. The molecule has 1 amide bonds. The molecule has 2 aromatic rings. The molecule has 0 aromatic heterocycles. The van der Waals surface area contributed by atoms with Crippen molar-refractivity contribution in [3.8, 4) is 0 Å². The van der Waals surface area contributed by atoms with Gasteiger partial charge in [0.2, 0.25) is 0 Å². The van der Waals surface area contributed by atoms with E-state index in [9.17, 15) is 9.59 Å². The van der Waals surface area contributed by atoms with Crippen LogP contribution in [0.2, 0.25) is 5.02 Å². The largest absolute Gasteiger partial charge is 0.452 e. The molecule has 126 valence electrons. The third-order valence-corrected chi connectivity index (χ3v) is 4.02. The quantitative estimate of drug-likeness (QED) is 0.815. The second-order valence-electron chi connectivity index (χ2n) is 5.55. The first-order valence-corrected chi connectivity index (χ1v) is 8.09. The molecule has 0 aliphatic rings. The van der Waals surface area contributed by atoms with E-state index < -0.39 is 5.97 Å². The Morgan fingerprint density at radius 1 is 1.12 bits per heavy atom. The highest BCUT2D eigenvalue weighted by Gasteiger charge is 2.13. The number of rotatable bonds is 6. The molecular weight excluding hydrogens is 326 g/mol. The van der Waals surface area contributed by atoms with Crippen LogP contribution in [0.1, 0.15) is 27.0 Å². The second kappa shape index (κ2) is 8.50. The van der Waals surface area contributed by atoms with Crippen LogP contribution in [0.3, 0.4) is 0 Å². The zero-order chi connectivity index (χ0) is 17.5. The predicted molar refractivity (Wildman–Crippen MR) is 94.4 cm³/mol. The van der Waals surface area contributed by atoms with Gasteiger partial charge >= 0.3 is 5.97 Å². The zero-order valence-electron chi connectivity index (χ0n) is 13.8. The van der Waals surface area contributed by atoms with Gasteiger partial charge in [-0.2, -0.15) is 0 Å². The molecule has 0 aliphatic carbocycles. The number of esters is 1. The fourth-order valence-corrected chi connectivity index (χ4v) is 2.48. The average molecular weight is 346 g/mol. The van der Waals surface area contributed by atoms with Crippen molar-refractivity contribution in [1.29, 1.82) is 0 Å². The van der Waals surface area contributed by atoms with Gasteiger partial charge in [0.1, 0.15) is 0 Å². The summed E-state index contributed by atoms with van der Waals surface area (Å²) in [5, 5.41) is 3.39. The van der Waals surface area contributed by atoms with Crippen molar-refractivity contribution in [2.24, 2.45) is 0 Å². The van der Waals surface area contributed by atoms with Gasteiger partial charge in [-0.05, 0) is 55.2 Å². The Balaban J connectivity index is 1.76. The summed E-state index contributed by atoms with van der Waals surface area (Å²) < 4.78 is 5.08. The second-order valence-corrected chi connectivity index (χ2v) is 5.99. The van der Waals surface area contributed by atoms with E-state index in [-0.39, 0.29) is 12.5 Å². The Kier molecular flexibility index (Phi) is 6.38. The molecule has 0 radical (unpaired) electrons. The van der Waals surface area contributed by atoms with Gasteiger partial charge in [-0.1, -0.05) is 35.9 Å². The summed E-state index contributed by atoms with van der Waals surface area (Å²) in [5.41, 5.74) is 3.40. The average Bonchev–Trinajstić information content (AvgIpc) is 2.55. The predicted octanol–water partition coefficient (Wildman–Crippen LogP) is 3.47. The summed E-state index contributed by atoms with van der Waals surface area (Å²) in [4.78, 5) is 23.8. The summed E-state index contributed by atoms with van der Waals surface area (Å²) in [6, 6.07) is 12.9. The van der Waals surface area contributed by atoms with E-state index in [4.69, 9.17) is 16.3 Å². The highest BCUT2D eigenvalue weighted by molar-refractivity contribution is 6.30. The highest BCUT2D eigenvalue weighted by atomic mass is 35.5. The standard InChI is InChI=1S/C19H20ClNO3/c1-13-5-3-8-17(14(13)2)19(23)24-12-18(22)21-10-9-15-6-4-7-16(20)11-15/h3-8,11H,9-10,12H2,1-2H3,(H,21,22). The van der Waals surface area contributed by atoms with E-state index in [1.165, 1.54) is 0 Å². The first-order chi connectivity index (χ1) is 11.5. The molecule has 5 heteroatoms. The maximum atomic E-state index is 12.0. The number of carbonyl (C=O) groups is 2. The lowest BCUT2D eigenvalue weighted by Gasteiger charge is -2.09. The van der Waals surface area contributed by atoms with E-state index >= 15 is 0 Å². The fourth-order valence-electron chi connectivity index (χ4n) is 2.27. The third kappa shape index (κ3) is 5.10. The minimum absolute atomic E-state index is 0.290. The first-order valence-electron chi connectivity index (χ1n) is 7.72. The number of carbonyl (C=O) groups excluding carboxylic acids is 2. The molecule has 0 unspecified atom stereocenters. The van der Waals surface area contributed by atoms with Crippen LogP contribution >= 0.6 is 11.6 Å². The Morgan fingerprint density at radius 3 is 2.62 bits per heavy atom. The van der Waals surface area contributed by atoms with Crippen LogP contribution in [0.4, 0.5) is 0 Å². The molecule has 0 bridgehead atoms. The van der Waals surface area contributed by atoms with Crippen LogP contribution in [0.15, 0.2) is 42.5 Å². The molecule has 0 heterocycles. The number of amides is 1. The Hall–Kier alpha value is -2.33. The van der Waals surface area contributed by atoms with Crippen LogP contribution in [0, 0.1) is 13.8 Å². The van der Waals surface area contributed by atoms with Crippen molar-refractivity contribution in [2.45, 2.75) is 20.3 Å². The lowest BCUT2D eigenvalue weighted by molar-refractivity contribution is -0.124. The lowest BCUT2D eigenvalue weighted by atomic mass is 10.0. The smallest absolute Gasteiger partial charge is 0.338 e. The third-order valence-electron chi connectivity index (χ3n) is 3.78. The fraction of sp³-hybridized carbons (Fsp3) is 0.263. The summed E-state index contributed by atoms with van der Waals surface area (Å²) >= 11 is 5.91. The minimum Gasteiger partial charge on any atom is -0.452 e. The van der Waals surface area contributed by atoms with Crippen LogP contribution in [-0.2, 0) is 16.0 Å². The van der Waals surface area contributed by atoms with Crippen LogP contribution < -0.4 is 5.32 Å². The van der Waals surface area contributed by atoms with E-state index in [1.807, 2.05) is 38.1 Å². The molecular formula is C19H20ClNO3. The number of nitrogens with one attached hydrogen (secondary N) is 1. The Bertz CT molecular complexity index is 743. The molecule has 0 atom stereocenters. The summed E-state index contributed by atoms with van der Waals surface area (Å²) in [5.74, 6) is -0.808. The van der Waals surface area contributed by atoms with Crippen molar-refractivity contribution in [1.82, 2.24) is 5.32 Å². The monoisotopic (exact) mass is 345 g/mol. The van der Waals surface area contributed by atoms with Crippen molar-refractivity contribution in [3.05, 3.63) is 69.7 Å². The van der Waals surface area contributed by atoms with E-state index in [0.717, 1.165) is 16.7 Å². The van der Waals surface area contributed by atoms with Crippen LogP contribution in [0.5, 0.6) is 0 Å². The van der Waals surface area contributed by atoms with Gasteiger partial charge in [0.05, 0.1) is 5.56 Å². The number of aryl methyl sites for hydroxylation is 1. The molecule has 24 heavy (non-hydrogen) atoms. The zero-order valence-corrected chi connectivity index (χ0v) is 14.5.